The van der Waals surface area contributed by atoms with E-state index in [9.17, 15) is 18.0 Å². The highest BCUT2D eigenvalue weighted by Crippen LogP contribution is 2.43. The third-order valence-corrected chi connectivity index (χ3v) is 4.86. The second kappa shape index (κ2) is 5.94. The second-order valence-corrected chi connectivity index (χ2v) is 6.45. The first-order valence-corrected chi connectivity index (χ1v) is 7.87. The maximum absolute atomic E-state index is 13.3. The Labute approximate surface area is 128 Å². The Kier molecular flexibility index (Phi) is 4.15. The van der Waals surface area contributed by atoms with E-state index >= 15 is 0 Å². The van der Waals surface area contributed by atoms with E-state index in [1.54, 1.807) is 17.0 Å². The van der Waals surface area contributed by atoms with Crippen molar-refractivity contribution < 1.29 is 18.0 Å². The van der Waals surface area contributed by atoms with Crippen LogP contribution in [-0.4, -0.2) is 29.8 Å². The van der Waals surface area contributed by atoms with Gasteiger partial charge in [0.15, 0.2) is 0 Å². The highest BCUT2D eigenvalue weighted by atomic mass is 19.3. The number of hydrogen-bond donors (Lipinski definition) is 0. The average Bonchev–Trinajstić information content (AvgIpc) is 2.60. The van der Waals surface area contributed by atoms with Gasteiger partial charge in [-0.1, -0.05) is 12.1 Å². The summed E-state index contributed by atoms with van der Waals surface area (Å²) in [5, 5.41) is 0. The third-order valence-electron chi connectivity index (χ3n) is 4.86. The number of nitrogens with zero attached hydrogens (tertiary/aromatic N) is 1. The second-order valence-electron chi connectivity index (χ2n) is 6.45. The summed E-state index contributed by atoms with van der Waals surface area (Å²) in [7, 11) is 0. The number of hydrogen-bond acceptors (Lipinski definition) is 1. The van der Waals surface area contributed by atoms with E-state index in [-0.39, 0.29) is 42.9 Å². The lowest BCUT2D eigenvalue weighted by atomic mass is 9.71. The maximum atomic E-state index is 13.3. The van der Waals surface area contributed by atoms with Crippen molar-refractivity contribution in [3.8, 4) is 0 Å². The Hall–Kier alpha value is -1.52. The van der Waals surface area contributed by atoms with E-state index in [0.717, 1.165) is 18.4 Å². The summed E-state index contributed by atoms with van der Waals surface area (Å²) in [6.07, 6.45) is 1.48. The number of likely N-dealkylation sites (tertiary alicyclic amines) is 1. The number of carbonyl (C=O) groups is 1. The Bertz CT molecular complexity index is 537. The van der Waals surface area contributed by atoms with Crippen molar-refractivity contribution in [1.29, 1.82) is 0 Å². The first-order valence-electron chi connectivity index (χ1n) is 7.87. The predicted molar refractivity (Wildman–Crippen MR) is 77.2 cm³/mol. The molecule has 1 heterocycles. The zero-order valence-electron chi connectivity index (χ0n) is 12.4. The van der Waals surface area contributed by atoms with Crippen LogP contribution in [0.25, 0.3) is 0 Å². The molecule has 0 unspecified atom stereocenters. The SMILES string of the molecule is O=C(C1CC(c2ccc(F)cc2)C1)N1CCCC(F)(F)CC1. The Morgan fingerprint density at radius 2 is 1.77 bits per heavy atom. The van der Waals surface area contributed by atoms with Crippen molar-refractivity contribution in [3.63, 3.8) is 0 Å². The Balaban J connectivity index is 1.54. The van der Waals surface area contributed by atoms with Gasteiger partial charge in [0, 0.05) is 31.8 Å². The van der Waals surface area contributed by atoms with Crippen LogP contribution >= 0.6 is 0 Å². The molecule has 22 heavy (non-hydrogen) atoms. The largest absolute Gasteiger partial charge is 0.342 e. The smallest absolute Gasteiger partial charge is 0.249 e. The minimum Gasteiger partial charge on any atom is -0.342 e. The summed E-state index contributed by atoms with van der Waals surface area (Å²) in [6, 6.07) is 6.38. The Morgan fingerprint density at radius 3 is 2.45 bits per heavy atom. The van der Waals surface area contributed by atoms with Crippen molar-refractivity contribution in [3.05, 3.63) is 35.6 Å². The molecule has 5 heteroatoms. The molecule has 2 aliphatic rings. The van der Waals surface area contributed by atoms with Crippen LogP contribution in [0.1, 0.15) is 43.6 Å². The van der Waals surface area contributed by atoms with Crippen molar-refractivity contribution in [1.82, 2.24) is 4.90 Å². The minimum atomic E-state index is -2.63. The molecule has 1 aromatic rings. The molecule has 1 aliphatic heterocycles. The normalized spacial score (nSPS) is 27.9. The molecule has 0 radical (unpaired) electrons. The highest BCUT2D eigenvalue weighted by molar-refractivity contribution is 5.80. The Morgan fingerprint density at radius 1 is 1.09 bits per heavy atom. The summed E-state index contributed by atoms with van der Waals surface area (Å²) in [5.74, 6) is -2.67. The molecule has 0 aromatic heterocycles. The summed E-state index contributed by atoms with van der Waals surface area (Å²) in [5.41, 5.74) is 1.05. The van der Waals surface area contributed by atoms with Crippen LogP contribution in [-0.2, 0) is 4.79 Å². The summed E-state index contributed by atoms with van der Waals surface area (Å²) >= 11 is 0. The maximum Gasteiger partial charge on any atom is 0.249 e. The molecule has 1 saturated heterocycles. The summed E-state index contributed by atoms with van der Waals surface area (Å²) in [4.78, 5) is 14.0. The number of alkyl halides is 2. The van der Waals surface area contributed by atoms with Crippen molar-refractivity contribution in [2.24, 2.45) is 5.92 Å². The zero-order chi connectivity index (χ0) is 15.7. The van der Waals surface area contributed by atoms with Crippen LogP contribution in [0.4, 0.5) is 13.2 Å². The van der Waals surface area contributed by atoms with Crippen LogP contribution in [0.15, 0.2) is 24.3 Å². The van der Waals surface area contributed by atoms with Crippen molar-refractivity contribution >= 4 is 5.91 Å². The minimum absolute atomic E-state index is 0.0102. The molecule has 0 N–H and O–H groups in total. The summed E-state index contributed by atoms with van der Waals surface area (Å²) < 4.78 is 39.6. The van der Waals surface area contributed by atoms with Crippen molar-refractivity contribution in [2.75, 3.05) is 13.1 Å². The topological polar surface area (TPSA) is 20.3 Å². The molecular formula is C17H20F3NO. The van der Waals surface area contributed by atoms with E-state index in [1.807, 2.05) is 0 Å². The number of carbonyl (C=O) groups excluding carboxylic acids is 1. The first-order chi connectivity index (χ1) is 10.4. The van der Waals surface area contributed by atoms with Crippen LogP contribution < -0.4 is 0 Å². The van der Waals surface area contributed by atoms with Gasteiger partial charge >= 0.3 is 0 Å². The third kappa shape index (κ3) is 3.28. The average molecular weight is 311 g/mol. The molecule has 3 rings (SSSR count). The lowest BCUT2D eigenvalue weighted by Crippen LogP contribution is -2.42. The van der Waals surface area contributed by atoms with Crippen LogP contribution in [0.2, 0.25) is 0 Å². The molecule has 1 aromatic carbocycles. The van der Waals surface area contributed by atoms with E-state index < -0.39 is 5.92 Å². The van der Waals surface area contributed by atoms with Gasteiger partial charge < -0.3 is 4.90 Å². The lowest BCUT2D eigenvalue weighted by molar-refractivity contribution is -0.139. The van der Waals surface area contributed by atoms with Gasteiger partial charge in [-0.25, -0.2) is 13.2 Å². The molecule has 120 valence electrons. The number of amides is 1. The number of rotatable bonds is 2. The van der Waals surface area contributed by atoms with Gasteiger partial charge in [0.25, 0.3) is 0 Å². The summed E-state index contributed by atoms with van der Waals surface area (Å²) in [6.45, 7) is 0.593. The highest BCUT2D eigenvalue weighted by Gasteiger charge is 2.39. The molecule has 2 fully saturated rings. The van der Waals surface area contributed by atoms with Crippen molar-refractivity contribution in [2.45, 2.75) is 43.9 Å². The van der Waals surface area contributed by atoms with Gasteiger partial charge in [-0.05, 0) is 42.9 Å². The van der Waals surface area contributed by atoms with Crippen LogP contribution in [0.3, 0.4) is 0 Å². The molecule has 0 spiro atoms. The van der Waals surface area contributed by atoms with Gasteiger partial charge in [0.2, 0.25) is 11.8 Å². The van der Waals surface area contributed by atoms with E-state index in [1.165, 1.54) is 12.1 Å². The fourth-order valence-corrected chi connectivity index (χ4v) is 3.37. The quantitative estimate of drug-likeness (QED) is 0.809. The fraction of sp³-hybridized carbons (Fsp3) is 0.588. The van der Waals surface area contributed by atoms with E-state index in [0.29, 0.717) is 13.0 Å². The molecule has 1 amide bonds. The van der Waals surface area contributed by atoms with Crippen LogP contribution in [0, 0.1) is 11.7 Å². The lowest BCUT2D eigenvalue weighted by Gasteiger charge is -2.37. The fourth-order valence-electron chi connectivity index (χ4n) is 3.37. The standard InChI is InChI=1S/C17H20F3NO/c18-15-4-2-12(3-5-15)13-10-14(11-13)16(22)21-8-1-6-17(19,20)7-9-21/h2-5,13-14H,1,6-11H2. The van der Waals surface area contributed by atoms with Crippen LogP contribution in [0.5, 0.6) is 0 Å². The van der Waals surface area contributed by atoms with Gasteiger partial charge in [0.05, 0.1) is 0 Å². The van der Waals surface area contributed by atoms with Gasteiger partial charge in [-0.3, -0.25) is 4.79 Å². The van der Waals surface area contributed by atoms with Gasteiger partial charge in [0.1, 0.15) is 5.82 Å². The first kappa shape index (κ1) is 15.4. The number of benzene rings is 1. The molecule has 2 nitrogen and oxygen atoms in total. The number of halogens is 3. The molecule has 1 saturated carbocycles. The molecule has 0 bridgehead atoms. The monoisotopic (exact) mass is 311 g/mol. The van der Waals surface area contributed by atoms with Gasteiger partial charge in [-0.2, -0.15) is 0 Å². The van der Waals surface area contributed by atoms with E-state index in [2.05, 4.69) is 0 Å². The van der Waals surface area contributed by atoms with Gasteiger partial charge in [-0.15, -0.1) is 0 Å². The van der Waals surface area contributed by atoms with E-state index in [4.69, 9.17) is 0 Å². The molecule has 1 aliphatic carbocycles. The zero-order valence-corrected chi connectivity index (χ0v) is 12.4. The predicted octanol–water partition coefficient (Wildman–Crippen LogP) is 3.97. The molecular weight excluding hydrogens is 291 g/mol. The molecule has 0 atom stereocenters.